The fraction of sp³-hybridized carbons (Fsp3) is 0.462. The first kappa shape index (κ1) is 13.8. The molecule has 1 atom stereocenters. The van der Waals surface area contributed by atoms with Crippen molar-refractivity contribution >= 4 is 5.95 Å². The third-order valence-electron chi connectivity index (χ3n) is 3.55. The third kappa shape index (κ3) is 2.98. The topological polar surface area (TPSA) is 46.8 Å². The van der Waals surface area contributed by atoms with Gasteiger partial charge in [-0.3, -0.25) is 0 Å². The smallest absolute Gasteiger partial charge is 0.336 e. The van der Waals surface area contributed by atoms with Gasteiger partial charge < -0.3 is 9.47 Å². The van der Waals surface area contributed by atoms with Crippen LogP contribution in [0.5, 0.6) is 0 Å². The molecule has 0 aromatic carbocycles. The minimum atomic E-state index is -4.45. The number of rotatable bonds is 3. The van der Waals surface area contributed by atoms with E-state index in [1.165, 1.54) is 0 Å². The lowest BCUT2D eigenvalue weighted by atomic mass is 10.2. The van der Waals surface area contributed by atoms with Crippen molar-refractivity contribution in [1.29, 1.82) is 0 Å². The van der Waals surface area contributed by atoms with Crippen molar-refractivity contribution in [2.45, 2.75) is 31.6 Å². The number of halogens is 3. The van der Waals surface area contributed by atoms with E-state index >= 15 is 0 Å². The zero-order valence-corrected chi connectivity index (χ0v) is 11.2. The maximum absolute atomic E-state index is 12.7. The zero-order chi connectivity index (χ0) is 14.9. The highest BCUT2D eigenvalue weighted by Gasteiger charge is 2.34. The van der Waals surface area contributed by atoms with E-state index in [4.69, 9.17) is 0 Å². The van der Waals surface area contributed by atoms with Crippen molar-refractivity contribution in [3.63, 3.8) is 0 Å². The Hall–Kier alpha value is -2.12. The number of hydrogen-bond donors (Lipinski definition) is 0. The van der Waals surface area contributed by atoms with E-state index in [1.807, 2.05) is 15.7 Å². The number of hydrogen-bond acceptors (Lipinski definition) is 4. The Morgan fingerprint density at radius 2 is 2.14 bits per heavy atom. The molecule has 21 heavy (non-hydrogen) atoms. The number of anilines is 1. The van der Waals surface area contributed by atoms with Gasteiger partial charge in [0.25, 0.3) is 0 Å². The third-order valence-corrected chi connectivity index (χ3v) is 3.55. The van der Waals surface area contributed by atoms with Gasteiger partial charge in [0.1, 0.15) is 5.69 Å². The van der Waals surface area contributed by atoms with E-state index in [0.717, 1.165) is 25.1 Å². The average Bonchev–Trinajstić information content (AvgIpc) is 3.10. The average molecular weight is 297 g/mol. The molecule has 8 heteroatoms. The van der Waals surface area contributed by atoms with Gasteiger partial charge in [0.05, 0.1) is 6.33 Å². The highest BCUT2D eigenvalue weighted by atomic mass is 19.4. The molecule has 2 aromatic rings. The number of imidazole rings is 1. The van der Waals surface area contributed by atoms with Crippen LogP contribution >= 0.6 is 0 Å². The summed E-state index contributed by atoms with van der Waals surface area (Å²) in [5.74, 6) is 0.146. The summed E-state index contributed by atoms with van der Waals surface area (Å²) in [5, 5.41) is 0. The first-order chi connectivity index (χ1) is 10.0. The Bertz CT molecular complexity index is 596. The van der Waals surface area contributed by atoms with E-state index in [0.29, 0.717) is 13.1 Å². The molecule has 1 aliphatic heterocycles. The highest BCUT2D eigenvalue weighted by Crippen LogP contribution is 2.30. The summed E-state index contributed by atoms with van der Waals surface area (Å²) in [6.07, 6.45) is 3.75. The summed E-state index contributed by atoms with van der Waals surface area (Å²) < 4.78 is 40.1. The SMILES string of the molecule is FC(F)(F)c1ccnc(N2CCCC2Cn2ccnc2)n1. The summed E-state index contributed by atoms with van der Waals surface area (Å²) in [6, 6.07) is 0.979. The summed E-state index contributed by atoms with van der Waals surface area (Å²) >= 11 is 0. The van der Waals surface area contributed by atoms with Crippen molar-refractivity contribution in [3.05, 3.63) is 36.7 Å². The second-order valence-electron chi connectivity index (χ2n) is 4.99. The second-order valence-corrected chi connectivity index (χ2v) is 4.99. The molecule has 0 amide bonds. The van der Waals surface area contributed by atoms with Crippen molar-refractivity contribution in [3.8, 4) is 0 Å². The quantitative estimate of drug-likeness (QED) is 0.872. The highest BCUT2D eigenvalue weighted by molar-refractivity contribution is 5.34. The molecule has 1 fully saturated rings. The number of alkyl halides is 3. The summed E-state index contributed by atoms with van der Waals surface area (Å²) in [6.45, 7) is 1.33. The number of aromatic nitrogens is 4. The Balaban J connectivity index is 1.82. The molecule has 3 heterocycles. The Morgan fingerprint density at radius 3 is 2.86 bits per heavy atom. The minimum Gasteiger partial charge on any atom is -0.336 e. The minimum absolute atomic E-state index is 0.0858. The molecule has 3 rings (SSSR count). The molecule has 5 nitrogen and oxygen atoms in total. The predicted molar refractivity (Wildman–Crippen MR) is 69.6 cm³/mol. The van der Waals surface area contributed by atoms with Gasteiger partial charge in [0.2, 0.25) is 5.95 Å². The molecule has 1 unspecified atom stereocenters. The monoisotopic (exact) mass is 297 g/mol. The maximum atomic E-state index is 12.7. The molecule has 0 radical (unpaired) electrons. The lowest BCUT2D eigenvalue weighted by molar-refractivity contribution is -0.141. The fourth-order valence-electron chi connectivity index (χ4n) is 2.57. The molecule has 0 bridgehead atoms. The van der Waals surface area contributed by atoms with Crippen LogP contribution in [0.4, 0.5) is 19.1 Å². The van der Waals surface area contributed by atoms with Gasteiger partial charge in [-0.2, -0.15) is 13.2 Å². The van der Waals surface area contributed by atoms with Crippen LogP contribution in [-0.2, 0) is 12.7 Å². The summed E-state index contributed by atoms with van der Waals surface area (Å²) in [4.78, 5) is 13.5. The van der Waals surface area contributed by atoms with Crippen molar-refractivity contribution in [1.82, 2.24) is 19.5 Å². The summed E-state index contributed by atoms with van der Waals surface area (Å²) in [7, 11) is 0. The van der Waals surface area contributed by atoms with E-state index in [2.05, 4.69) is 15.0 Å². The zero-order valence-electron chi connectivity index (χ0n) is 11.2. The van der Waals surface area contributed by atoms with Crippen LogP contribution < -0.4 is 4.90 Å². The van der Waals surface area contributed by atoms with Gasteiger partial charge in [-0.25, -0.2) is 15.0 Å². The van der Waals surface area contributed by atoms with Crippen LogP contribution in [0.25, 0.3) is 0 Å². The molecule has 2 aromatic heterocycles. The van der Waals surface area contributed by atoms with E-state index in [9.17, 15) is 13.2 Å². The Morgan fingerprint density at radius 1 is 1.29 bits per heavy atom. The van der Waals surface area contributed by atoms with Gasteiger partial charge >= 0.3 is 6.18 Å². The van der Waals surface area contributed by atoms with Gasteiger partial charge in [-0.15, -0.1) is 0 Å². The normalized spacial score (nSPS) is 19.2. The van der Waals surface area contributed by atoms with Crippen LogP contribution in [0, 0.1) is 0 Å². The van der Waals surface area contributed by atoms with E-state index in [-0.39, 0.29) is 12.0 Å². The first-order valence-corrected chi connectivity index (χ1v) is 6.66. The first-order valence-electron chi connectivity index (χ1n) is 6.66. The molecule has 1 saturated heterocycles. The van der Waals surface area contributed by atoms with E-state index in [1.54, 1.807) is 12.5 Å². The van der Waals surface area contributed by atoms with Crippen molar-refractivity contribution in [2.75, 3.05) is 11.4 Å². The fourth-order valence-corrected chi connectivity index (χ4v) is 2.57. The van der Waals surface area contributed by atoms with Crippen molar-refractivity contribution in [2.24, 2.45) is 0 Å². The van der Waals surface area contributed by atoms with Crippen LogP contribution in [0.2, 0.25) is 0 Å². The molecule has 0 N–H and O–H groups in total. The maximum Gasteiger partial charge on any atom is 0.433 e. The lowest BCUT2D eigenvalue weighted by Gasteiger charge is -2.25. The molecule has 1 aliphatic rings. The van der Waals surface area contributed by atoms with Crippen LogP contribution in [0.1, 0.15) is 18.5 Å². The molecular weight excluding hydrogens is 283 g/mol. The molecule has 0 saturated carbocycles. The predicted octanol–water partition coefficient (Wildman–Crippen LogP) is 2.36. The van der Waals surface area contributed by atoms with Crippen LogP contribution in [-0.4, -0.2) is 32.1 Å². The van der Waals surface area contributed by atoms with Gasteiger partial charge in [0, 0.05) is 37.7 Å². The Labute approximate surface area is 119 Å². The van der Waals surface area contributed by atoms with Crippen molar-refractivity contribution < 1.29 is 13.2 Å². The number of nitrogens with zero attached hydrogens (tertiary/aromatic N) is 5. The van der Waals surface area contributed by atoms with Crippen LogP contribution in [0.15, 0.2) is 31.0 Å². The molecule has 0 spiro atoms. The largest absolute Gasteiger partial charge is 0.433 e. The van der Waals surface area contributed by atoms with Gasteiger partial charge in [-0.05, 0) is 18.9 Å². The molecular formula is C13H14F3N5. The van der Waals surface area contributed by atoms with E-state index < -0.39 is 11.9 Å². The molecule has 112 valence electrons. The van der Waals surface area contributed by atoms with Gasteiger partial charge in [-0.1, -0.05) is 0 Å². The lowest BCUT2D eigenvalue weighted by Crippen LogP contribution is -2.34. The second kappa shape index (κ2) is 5.34. The standard InChI is InChI=1S/C13H14F3N5/c14-13(15,16)11-3-4-18-12(19-11)21-6-1-2-10(21)8-20-7-5-17-9-20/h3-5,7,9-10H,1-2,6,8H2. The van der Waals surface area contributed by atoms with Crippen LogP contribution in [0.3, 0.4) is 0 Å². The van der Waals surface area contributed by atoms with Gasteiger partial charge in [0.15, 0.2) is 0 Å². The Kier molecular flexibility index (Phi) is 3.52. The molecule has 0 aliphatic carbocycles. The summed E-state index contributed by atoms with van der Waals surface area (Å²) in [5.41, 5.74) is -0.902.